The van der Waals surface area contributed by atoms with Crippen LogP contribution in [0, 0.1) is 11.7 Å². The van der Waals surface area contributed by atoms with Crippen LogP contribution in [-0.2, 0) is 4.79 Å². The molecule has 1 unspecified atom stereocenters. The number of rotatable bonds is 3. The zero-order valence-electron chi connectivity index (χ0n) is 10.4. The van der Waals surface area contributed by atoms with Crippen LogP contribution >= 0.6 is 15.9 Å². The van der Waals surface area contributed by atoms with Crippen LogP contribution in [0.15, 0.2) is 28.7 Å². The van der Waals surface area contributed by atoms with Crippen LogP contribution in [0.5, 0.6) is 0 Å². The minimum Gasteiger partial charge on any atom is -0.396 e. The fourth-order valence-electron chi connectivity index (χ4n) is 2.09. The number of likely N-dealkylation sites (tertiary alicyclic amines) is 1. The number of carbonyl (C=O) groups excluding carboxylic acids is 1. The number of halogens is 2. The van der Waals surface area contributed by atoms with E-state index in [4.69, 9.17) is 5.11 Å². The quantitative estimate of drug-likeness (QED) is 0.866. The number of amides is 1. The van der Waals surface area contributed by atoms with Crippen LogP contribution < -0.4 is 0 Å². The van der Waals surface area contributed by atoms with Gasteiger partial charge in [0, 0.05) is 41.7 Å². The van der Waals surface area contributed by atoms with E-state index < -0.39 is 0 Å². The second-order valence-corrected chi connectivity index (χ2v) is 5.54. The van der Waals surface area contributed by atoms with Crippen LogP contribution in [-0.4, -0.2) is 35.6 Å². The van der Waals surface area contributed by atoms with Crippen LogP contribution in [0.1, 0.15) is 12.0 Å². The first-order valence-electron chi connectivity index (χ1n) is 6.13. The van der Waals surface area contributed by atoms with Gasteiger partial charge in [0.1, 0.15) is 5.82 Å². The van der Waals surface area contributed by atoms with E-state index in [9.17, 15) is 9.18 Å². The second-order valence-electron chi connectivity index (χ2n) is 4.62. The highest BCUT2D eigenvalue weighted by Gasteiger charge is 2.24. The standard InChI is InChI=1S/C14H15BrFNO2/c15-12-2-3-13(16)11(7-12)1-4-14(19)17-6-5-10(8-17)9-18/h1-4,7,10,18H,5-6,8-9H2. The Bertz CT molecular complexity index is 504. The third kappa shape index (κ3) is 3.64. The molecule has 3 nitrogen and oxygen atoms in total. The first kappa shape index (κ1) is 14.2. The van der Waals surface area contributed by atoms with Crippen LogP contribution in [0.2, 0.25) is 0 Å². The van der Waals surface area contributed by atoms with Gasteiger partial charge in [-0.2, -0.15) is 0 Å². The van der Waals surface area contributed by atoms with Crippen molar-refractivity contribution in [2.24, 2.45) is 5.92 Å². The molecule has 102 valence electrons. The maximum absolute atomic E-state index is 13.5. The zero-order chi connectivity index (χ0) is 13.8. The Morgan fingerprint density at radius 3 is 3.05 bits per heavy atom. The molecule has 1 aliphatic heterocycles. The lowest BCUT2D eigenvalue weighted by atomic mass is 10.1. The average molecular weight is 328 g/mol. The van der Waals surface area contributed by atoms with Gasteiger partial charge in [-0.25, -0.2) is 4.39 Å². The van der Waals surface area contributed by atoms with E-state index >= 15 is 0 Å². The molecule has 1 atom stereocenters. The van der Waals surface area contributed by atoms with E-state index in [1.54, 1.807) is 17.0 Å². The van der Waals surface area contributed by atoms with Gasteiger partial charge in [-0.05, 0) is 30.7 Å². The molecule has 19 heavy (non-hydrogen) atoms. The van der Waals surface area contributed by atoms with Gasteiger partial charge in [-0.3, -0.25) is 4.79 Å². The van der Waals surface area contributed by atoms with Crippen molar-refractivity contribution in [2.75, 3.05) is 19.7 Å². The SMILES string of the molecule is O=C(C=Cc1cc(Br)ccc1F)N1CCC(CO)C1. The molecule has 0 spiro atoms. The third-order valence-corrected chi connectivity index (χ3v) is 3.71. The van der Waals surface area contributed by atoms with Crippen molar-refractivity contribution < 1.29 is 14.3 Å². The number of nitrogens with zero attached hydrogens (tertiary/aromatic N) is 1. The molecule has 1 saturated heterocycles. The highest BCUT2D eigenvalue weighted by Crippen LogP contribution is 2.18. The molecule has 1 aromatic rings. The zero-order valence-corrected chi connectivity index (χ0v) is 11.9. The molecule has 0 aromatic heterocycles. The Hall–Kier alpha value is -1.20. The summed E-state index contributed by atoms with van der Waals surface area (Å²) in [7, 11) is 0. The van der Waals surface area contributed by atoms with Gasteiger partial charge < -0.3 is 10.0 Å². The largest absolute Gasteiger partial charge is 0.396 e. The smallest absolute Gasteiger partial charge is 0.246 e. The Morgan fingerprint density at radius 2 is 2.37 bits per heavy atom. The minimum atomic E-state index is -0.359. The van der Waals surface area contributed by atoms with Crippen molar-refractivity contribution in [3.8, 4) is 0 Å². The molecular formula is C14H15BrFNO2. The Balaban J connectivity index is 2.02. The summed E-state index contributed by atoms with van der Waals surface area (Å²) >= 11 is 3.26. The van der Waals surface area contributed by atoms with Crippen molar-refractivity contribution in [1.82, 2.24) is 4.90 Å². The summed E-state index contributed by atoms with van der Waals surface area (Å²) in [5, 5.41) is 9.03. The number of carbonyl (C=O) groups is 1. The van der Waals surface area contributed by atoms with Gasteiger partial charge in [-0.1, -0.05) is 15.9 Å². The Kier molecular flexibility index (Phi) is 4.71. The molecule has 1 fully saturated rings. The predicted molar refractivity (Wildman–Crippen MR) is 74.9 cm³/mol. The van der Waals surface area contributed by atoms with Crippen molar-refractivity contribution in [2.45, 2.75) is 6.42 Å². The topological polar surface area (TPSA) is 40.5 Å². The lowest BCUT2D eigenvalue weighted by Gasteiger charge is -2.13. The van der Waals surface area contributed by atoms with Crippen molar-refractivity contribution in [1.29, 1.82) is 0 Å². The summed E-state index contributed by atoms with van der Waals surface area (Å²) in [5.41, 5.74) is 0.376. The van der Waals surface area contributed by atoms with Gasteiger partial charge in [0.15, 0.2) is 0 Å². The number of aliphatic hydroxyl groups is 1. The summed E-state index contributed by atoms with van der Waals surface area (Å²) < 4.78 is 14.3. The summed E-state index contributed by atoms with van der Waals surface area (Å²) in [6, 6.07) is 4.59. The molecule has 1 amide bonds. The molecule has 0 bridgehead atoms. The number of hydrogen-bond donors (Lipinski definition) is 1. The van der Waals surface area contributed by atoms with E-state index in [0.29, 0.717) is 18.7 Å². The molecular weight excluding hydrogens is 313 g/mol. The summed E-state index contributed by atoms with van der Waals surface area (Å²) in [6.07, 6.45) is 3.68. The van der Waals surface area contributed by atoms with E-state index in [1.165, 1.54) is 18.2 Å². The minimum absolute atomic E-state index is 0.105. The summed E-state index contributed by atoms with van der Waals surface area (Å²) in [6.45, 7) is 1.32. The second kappa shape index (κ2) is 6.30. The average Bonchev–Trinajstić information content (AvgIpc) is 2.88. The summed E-state index contributed by atoms with van der Waals surface area (Å²) in [4.78, 5) is 13.6. The summed E-state index contributed by atoms with van der Waals surface area (Å²) in [5.74, 6) is -0.336. The van der Waals surface area contributed by atoms with Gasteiger partial charge in [0.25, 0.3) is 0 Å². The first-order valence-corrected chi connectivity index (χ1v) is 6.92. The maximum Gasteiger partial charge on any atom is 0.246 e. The van der Waals surface area contributed by atoms with Gasteiger partial charge >= 0.3 is 0 Å². The lowest BCUT2D eigenvalue weighted by molar-refractivity contribution is -0.125. The van der Waals surface area contributed by atoms with E-state index in [-0.39, 0.29) is 24.2 Å². The fraction of sp³-hybridized carbons (Fsp3) is 0.357. The Labute approximate surface area is 119 Å². The van der Waals surface area contributed by atoms with Crippen LogP contribution in [0.25, 0.3) is 6.08 Å². The van der Waals surface area contributed by atoms with Crippen molar-refractivity contribution >= 4 is 27.9 Å². The first-order chi connectivity index (χ1) is 9.10. The van der Waals surface area contributed by atoms with Crippen LogP contribution in [0.4, 0.5) is 4.39 Å². The van der Waals surface area contributed by atoms with Gasteiger partial charge in [0.05, 0.1) is 0 Å². The highest BCUT2D eigenvalue weighted by atomic mass is 79.9. The van der Waals surface area contributed by atoms with E-state index in [1.807, 2.05) is 0 Å². The normalized spacial score (nSPS) is 19.3. The van der Waals surface area contributed by atoms with Crippen LogP contribution in [0.3, 0.4) is 0 Å². The molecule has 2 rings (SSSR count). The van der Waals surface area contributed by atoms with Gasteiger partial charge in [-0.15, -0.1) is 0 Å². The molecule has 1 aromatic carbocycles. The number of hydrogen-bond acceptors (Lipinski definition) is 2. The fourth-order valence-corrected chi connectivity index (χ4v) is 2.47. The molecule has 1 heterocycles. The molecule has 1 N–H and O–H groups in total. The Morgan fingerprint density at radius 1 is 1.58 bits per heavy atom. The monoisotopic (exact) mass is 327 g/mol. The number of aliphatic hydroxyl groups excluding tert-OH is 1. The molecule has 0 radical (unpaired) electrons. The molecule has 0 saturated carbocycles. The van der Waals surface area contributed by atoms with Crippen molar-refractivity contribution in [3.05, 3.63) is 40.1 Å². The predicted octanol–water partition coefficient (Wildman–Crippen LogP) is 2.44. The lowest BCUT2D eigenvalue weighted by Crippen LogP contribution is -2.27. The molecule has 1 aliphatic rings. The van der Waals surface area contributed by atoms with Gasteiger partial charge in [0.2, 0.25) is 5.91 Å². The highest BCUT2D eigenvalue weighted by molar-refractivity contribution is 9.10. The van der Waals surface area contributed by atoms with E-state index in [2.05, 4.69) is 15.9 Å². The third-order valence-electron chi connectivity index (χ3n) is 3.22. The number of benzene rings is 1. The molecule has 0 aliphatic carbocycles. The van der Waals surface area contributed by atoms with E-state index in [0.717, 1.165) is 10.9 Å². The molecule has 5 heteroatoms. The maximum atomic E-state index is 13.5. The van der Waals surface area contributed by atoms with Crippen molar-refractivity contribution in [3.63, 3.8) is 0 Å².